The maximum atomic E-state index is 13.7. The number of thiophene rings is 1. The van der Waals surface area contributed by atoms with Crippen molar-refractivity contribution in [1.82, 2.24) is 9.03 Å². The van der Waals surface area contributed by atoms with Crippen molar-refractivity contribution in [3.8, 4) is 0 Å². The number of halogens is 3. The van der Waals surface area contributed by atoms with Gasteiger partial charge >= 0.3 is 0 Å². The van der Waals surface area contributed by atoms with Gasteiger partial charge in [-0.15, -0.1) is 11.3 Å². The first-order chi connectivity index (χ1) is 10.3. The molecule has 0 aliphatic carbocycles. The smallest absolute Gasteiger partial charge is 0.207 e. The third-order valence-electron chi connectivity index (χ3n) is 2.91. The van der Waals surface area contributed by atoms with E-state index in [1.54, 1.807) is 0 Å². The lowest BCUT2D eigenvalue weighted by Crippen LogP contribution is -2.37. The maximum absolute atomic E-state index is 13.7. The Hall–Kier alpha value is -0.510. The molecule has 2 aromatic rings. The summed E-state index contributed by atoms with van der Waals surface area (Å²) in [5.41, 5.74) is 0.149. The Bertz CT molecular complexity index is 747. The predicted molar refractivity (Wildman–Crippen MR) is 90.7 cm³/mol. The normalized spacial score (nSPS) is 12.0. The number of benzene rings is 1. The van der Waals surface area contributed by atoms with Crippen molar-refractivity contribution in [2.45, 2.75) is 13.1 Å². The number of hydrogen-bond donors (Lipinski definition) is 1. The Morgan fingerprint density at radius 2 is 2.09 bits per heavy atom. The molecule has 4 nitrogen and oxygen atoms in total. The monoisotopic (exact) mass is 426 g/mol. The van der Waals surface area contributed by atoms with Crippen LogP contribution < -0.4 is 4.72 Å². The first kappa shape index (κ1) is 17.8. The van der Waals surface area contributed by atoms with Gasteiger partial charge in [0.15, 0.2) is 0 Å². The highest BCUT2D eigenvalue weighted by atomic mass is 79.9. The van der Waals surface area contributed by atoms with Crippen LogP contribution in [-0.4, -0.2) is 19.8 Å². The van der Waals surface area contributed by atoms with E-state index in [4.69, 9.17) is 11.6 Å². The summed E-state index contributed by atoms with van der Waals surface area (Å²) in [6.45, 7) is 0.0307. The van der Waals surface area contributed by atoms with E-state index in [0.717, 1.165) is 13.0 Å². The van der Waals surface area contributed by atoms with Crippen molar-refractivity contribution in [3.63, 3.8) is 0 Å². The zero-order valence-electron chi connectivity index (χ0n) is 11.5. The van der Waals surface area contributed by atoms with Crippen LogP contribution in [0.1, 0.15) is 10.4 Å². The highest BCUT2D eigenvalue weighted by Gasteiger charge is 2.20. The summed E-state index contributed by atoms with van der Waals surface area (Å²) in [6.07, 6.45) is 0. The fourth-order valence-electron chi connectivity index (χ4n) is 1.71. The summed E-state index contributed by atoms with van der Waals surface area (Å²) in [5, 5.41) is 0.198. The fraction of sp³-hybridized carbons (Fsp3) is 0.231. The molecule has 1 N–H and O–H groups in total. The van der Waals surface area contributed by atoms with Crippen LogP contribution in [0.25, 0.3) is 0 Å². The van der Waals surface area contributed by atoms with Crippen molar-refractivity contribution in [1.29, 1.82) is 0 Å². The summed E-state index contributed by atoms with van der Waals surface area (Å²) in [6, 6.07) is 7.92. The van der Waals surface area contributed by atoms with Crippen LogP contribution in [0.2, 0.25) is 5.02 Å². The lowest BCUT2D eigenvalue weighted by Gasteiger charge is -2.18. The lowest BCUT2D eigenvalue weighted by molar-refractivity contribution is 0.446. The van der Waals surface area contributed by atoms with Crippen molar-refractivity contribution in [3.05, 3.63) is 55.4 Å². The molecule has 0 atom stereocenters. The second-order valence-electron chi connectivity index (χ2n) is 4.49. The van der Waals surface area contributed by atoms with Crippen LogP contribution >= 0.6 is 38.9 Å². The summed E-state index contributed by atoms with van der Waals surface area (Å²) in [7, 11) is -2.36. The van der Waals surface area contributed by atoms with Crippen LogP contribution in [0.5, 0.6) is 0 Å². The largest absolute Gasteiger partial charge is 0.279 e. The van der Waals surface area contributed by atoms with Gasteiger partial charge in [0.25, 0.3) is 10.2 Å². The molecule has 1 aromatic carbocycles. The molecule has 0 amide bonds. The molecule has 1 aromatic heterocycles. The van der Waals surface area contributed by atoms with Crippen molar-refractivity contribution in [2.24, 2.45) is 0 Å². The molecule has 22 heavy (non-hydrogen) atoms. The molecule has 1 heterocycles. The molecule has 0 bridgehead atoms. The highest BCUT2D eigenvalue weighted by molar-refractivity contribution is 9.11. The molecule has 0 aliphatic rings. The second-order valence-corrected chi connectivity index (χ2v) is 9.31. The molecule has 0 spiro atoms. The molecule has 0 aliphatic heterocycles. The van der Waals surface area contributed by atoms with Crippen LogP contribution in [0.3, 0.4) is 0 Å². The van der Waals surface area contributed by atoms with Crippen molar-refractivity contribution < 1.29 is 12.8 Å². The van der Waals surface area contributed by atoms with Gasteiger partial charge in [-0.3, -0.25) is 0 Å². The summed E-state index contributed by atoms with van der Waals surface area (Å²) in [5.74, 6) is -0.531. The Kier molecular flexibility index (Phi) is 5.98. The predicted octanol–water partition coefficient (Wildman–Crippen LogP) is 3.77. The lowest BCUT2D eigenvalue weighted by atomic mass is 10.2. The minimum absolute atomic E-state index is 0.144. The van der Waals surface area contributed by atoms with E-state index in [-0.39, 0.29) is 23.7 Å². The van der Waals surface area contributed by atoms with Gasteiger partial charge in [-0.05, 0) is 40.2 Å². The number of nitrogens with one attached hydrogen (secondary N) is 1. The topological polar surface area (TPSA) is 49.4 Å². The van der Waals surface area contributed by atoms with E-state index < -0.39 is 16.0 Å². The fourth-order valence-corrected chi connectivity index (χ4v) is 4.30. The van der Waals surface area contributed by atoms with E-state index in [0.29, 0.717) is 0 Å². The number of rotatable bonds is 6. The third-order valence-corrected chi connectivity index (χ3v) is 6.35. The van der Waals surface area contributed by atoms with Crippen LogP contribution in [0.4, 0.5) is 4.39 Å². The Balaban J connectivity index is 2.05. The highest BCUT2D eigenvalue weighted by Crippen LogP contribution is 2.23. The van der Waals surface area contributed by atoms with Crippen molar-refractivity contribution >= 4 is 49.1 Å². The van der Waals surface area contributed by atoms with Gasteiger partial charge in [0.2, 0.25) is 0 Å². The SMILES string of the molecule is CN(Cc1c(F)cccc1Cl)S(=O)(=O)NCc1ccc(Br)s1. The van der Waals surface area contributed by atoms with E-state index in [2.05, 4.69) is 20.7 Å². The average Bonchev–Trinajstić information content (AvgIpc) is 2.86. The molecule has 0 radical (unpaired) electrons. The molecule has 120 valence electrons. The standard InChI is InChI=1S/C13H13BrClFN2O2S2/c1-18(8-10-11(15)3-2-4-12(10)16)22(19,20)17-7-9-5-6-13(14)21-9/h2-6,17H,7-8H2,1H3. The van der Waals surface area contributed by atoms with Gasteiger partial charge in [-0.2, -0.15) is 17.4 Å². The zero-order valence-corrected chi connectivity index (χ0v) is 15.5. The molecule has 2 rings (SSSR count). The van der Waals surface area contributed by atoms with Gasteiger partial charge in [-0.25, -0.2) is 4.39 Å². The van der Waals surface area contributed by atoms with Crippen LogP contribution in [0.15, 0.2) is 34.1 Å². The van der Waals surface area contributed by atoms with E-state index in [1.165, 1.54) is 36.6 Å². The average molecular weight is 428 g/mol. The Labute approximate surface area is 146 Å². The van der Waals surface area contributed by atoms with Crippen molar-refractivity contribution in [2.75, 3.05) is 7.05 Å². The summed E-state index contributed by atoms with van der Waals surface area (Å²) >= 11 is 10.7. The first-order valence-electron chi connectivity index (χ1n) is 6.17. The second kappa shape index (κ2) is 7.37. The van der Waals surface area contributed by atoms with Gasteiger partial charge in [0.1, 0.15) is 5.82 Å². The first-order valence-corrected chi connectivity index (χ1v) is 9.60. The zero-order chi connectivity index (χ0) is 16.3. The van der Waals surface area contributed by atoms with Gasteiger partial charge < -0.3 is 0 Å². The molecular formula is C13H13BrClFN2O2S2. The van der Waals surface area contributed by atoms with Crippen LogP contribution in [-0.2, 0) is 23.3 Å². The van der Waals surface area contributed by atoms with Gasteiger partial charge in [0, 0.05) is 35.6 Å². The molecule has 9 heteroatoms. The minimum Gasteiger partial charge on any atom is -0.207 e. The molecule has 0 fully saturated rings. The summed E-state index contributed by atoms with van der Waals surface area (Å²) < 4.78 is 42.5. The number of hydrogen-bond acceptors (Lipinski definition) is 3. The molecule has 0 unspecified atom stereocenters. The Morgan fingerprint density at radius 3 is 2.68 bits per heavy atom. The van der Waals surface area contributed by atoms with E-state index in [9.17, 15) is 12.8 Å². The minimum atomic E-state index is -3.73. The summed E-state index contributed by atoms with van der Waals surface area (Å²) in [4.78, 5) is 0.868. The Morgan fingerprint density at radius 1 is 1.36 bits per heavy atom. The maximum Gasteiger partial charge on any atom is 0.279 e. The van der Waals surface area contributed by atoms with Gasteiger partial charge in [-0.1, -0.05) is 17.7 Å². The molecule has 0 saturated carbocycles. The number of nitrogens with zero attached hydrogens (tertiary/aromatic N) is 1. The van der Waals surface area contributed by atoms with Gasteiger partial charge in [0.05, 0.1) is 3.79 Å². The van der Waals surface area contributed by atoms with E-state index >= 15 is 0 Å². The van der Waals surface area contributed by atoms with E-state index in [1.807, 2.05) is 12.1 Å². The van der Waals surface area contributed by atoms with Crippen LogP contribution in [0, 0.1) is 5.82 Å². The molecule has 0 saturated heterocycles. The third kappa shape index (κ3) is 4.50. The quantitative estimate of drug-likeness (QED) is 0.763. The molecular weight excluding hydrogens is 415 g/mol.